The molecule has 0 saturated heterocycles. The van der Waals surface area contributed by atoms with E-state index in [1.807, 2.05) is 36.4 Å². The molecule has 4 heteroatoms. The maximum atomic E-state index is 13.3. The van der Waals surface area contributed by atoms with E-state index in [4.69, 9.17) is 9.72 Å². The van der Waals surface area contributed by atoms with Gasteiger partial charge in [0.05, 0.1) is 17.6 Å². The van der Waals surface area contributed by atoms with E-state index in [2.05, 4.69) is 24.5 Å². The van der Waals surface area contributed by atoms with Gasteiger partial charge in [0, 0.05) is 5.56 Å². The van der Waals surface area contributed by atoms with Gasteiger partial charge in [0.25, 0.3) is 0 Å². The van der Waals surface area contributed by atoms with E-state index in [-0.39, 0.29) is 5.82 Å². The summed E-state index contributed by atoms with van der Waals surface area (Å²) in [5.41, 5.74) is 5.22. The molecule has 3 nitrogen and oxygen atoms in total. The monoisotopic (exact) mass is 360 g/mol. The zero-order chi connectivity index (χ0) is 18.8. The van der Waals surface area contributed by atoms with E-state index in [1.54, 1.807) is 12.1 Å². The van der Waals surface area contributed by atoms with Crippen LogP contribution in [0.5, 0.6) is 5.75 Å². The van der Waals surface area contributed by atoms with Gasteiger partial charge in [0.15, 0.2) is 0 Å². The Morgan fingerprint density at radius 1 is 0.926 bits per heavy atom. The SMILES string of the molecule is Cc1cc(C)cc(OCCn2c(-c3ccc(F)cc3)nc3ccccc32)c1. The Bertz CT molecular complexity index is 1060. The number of para-hydroxylation sites is 2. The second kappa shape index (κ2) is 7.23. The molecule has 0 bridgehead atoms. The molecular weight excluding hydrogens is 339 g/mol. The zero-order valence-corrected chi connectivity index (χ0v) is 15.4. The molecule has 0 aliphatic rings. The Morgan fingerprint density at radius 2 is 1.63 bits per heavy atom. The lowest BCUT2D eigenvalue weighted by molar-refractivity contribution is 0.300. The number of rotatable bonds is 5. The fourth-order valence-corrected chi connectivity index (χ4v) is 3.39. The van der Waals surface area contributed by atoms with Crippen LogP contribution >= 0.6 is 0 Å². The van der Waals surface area contributed by atoms with E-state index < -0.39 is 0 Å². The van der Waals surface area contributed by atoms with Gasteiger partial charge < -0.3 is 9.30 Å². The molecule has 136 valence electrons. The highest BCUT2D eigenvalue weighted by Crippen LogP contribution is 2.25. The normalized spacial score (nSPS) is 11.1. The van der Waals surface area contributed by atoms with Crippen LogP contribution in [0.1, 0.15) is 11.1 Å². The van der Waals surface area contributed by atoms with Crippen molar-refractivity contribution >= 4 is 11.0 Å². The highest BCUT2D eigenvalue weighted by molar-refractivity contribution is 5.80. The second-order valence-electron chi connectivity index (χ2n) is 6.75. The summed E-state index contributed by atoms with van der Waals surface area (Å²) in [6.45, 7) is 5.31. The third-order valence-corrected chi connectivity index (χ3v) is 4.54. The molecule has 0 spiro atoms. The van der Waals surface area contributed by atoms with E-state index in [1.165, 1.54) is 23.3 Å². The maximum absolute atomic E-state index is 13.3. The van der Waals surface area contributed by atoms with Crippen LogP contribution in [0.25, 0.3) is 22.4 Å². The van der Waals surface area contributed by atoms with Gasteiger partial charge in [0.2, 0.25) is 0 Å². The van der Waals surface area contributed by atoms with Gasteiger partial charge in [-0.25, -0.2) is 9.37 Å². The van der Waals surface area contributed by atoms with E-state index in [0.29, 0.717) is 13.2 Å². The summed E-state index contributed by atoms with van der Waals surface area (Å²) in [5, 5.41) is 0. The maximum Gasteiger partial charge on any atom is 0.141 e. The summed E-state index contributed by atoms with van der Waals surface area (Å²) in [4.78, 5) is 4.75. The minimum Gasteiger partial charge on any atom is -0.492 e. The number of aromatic nitrogens is 2. The first-order chi connectivity index (χ1) is 13.1. The fraction of sp³-hybridized carbons (Fsp3) is 0.174. The molecule has 0 aliphatic carbocycles. The number of ether oxygens (including phenoxy) is 1. The number of hydrogen-bond acceptors (Lipinski definition) is 2. The van der Waals surface area contributed by atoms with Gasteiger partial charge in [-0.1, -0.05) is 18.2 Å². The molecule has 1 aromatic heterocycles. The van der Waals surface area contributed by atoms with Crippen molar-refractivity contribution < 1.29 is 9.13 Å². The molecule has 1 heterocycles. The predicted molar refractivity (Wildman–Crippen MR) is 107 cm³/mol. The number of benzene rings is 3. The smallest absolute Gasteiger partial charge is 0.141 e. The summed E-state index contributed by atoms with van der Waals surface area (Å²) in [6.07, 6.45) is 0. The standard InChI is InChI=1S/C23H21FN2O/c1-16-13-17(2)15-20(14-16)27-12-11-26-22-6-4-3-5-21(22)25-23(26)18-7-9-19(24)10-8-18/h3-10,13-15H,11-12H2,1-2H3. The highest BCUT2D eigenvalue weighted by Gasteiger charge is 2.12. The predicted octanol–water partition coefficient (Wildman–Crippen LogP) is 5.54. The summed E-state index contributed by atoms with van der Waals surface area (Å²) in [6, 6.07) is 20.7. The van der Waals surface area contributed by atoms with Crippen molar-refractivity contribution in [2.24, 2.45) is 0 Å². The van der Waals surface area contributed by atoms with Gasteiger partial charge in [-0.2, -0.15) is 0 Å². The lowest BCUT2D eigenvalue weighted by atomic mass is 10.1. The summed E-state index contributed by atoms with van der Waals surface area (Å²) >= 11 is 0. The molecule has 0 unspecified atom stereocenters. The second-order valence-corrected chi connectivity index (χ2v) is 6.75. The summed E-state index contributed by atoms with van der Waals surface area (Å²) in [5.74, 6) is 1.44. The van der Waals surface area contributed by atoms with Crippen LogP contribution in [0.15, 0.2) is 66.7 Å². The largest absolute Gasteiger partial charge is 0.492 e. The van der Waals surface area contributed by atoms with Crippen LogP contribution in [-0.2, 0) is 6.54 Å². The minimum atomic E-state index is -0.250. The first-order valence-corrected chi connectivity index (χ1v) is 9.02. The van der Waals surface area contributed by atoms with Crippen LogP contribution in [0, 0.1) is 19.7 Å². The molecule has 4 aromatic rings. The Hall–Kier alpha value is -3.14. The van der Waals surface area contributed by atoms with Crippen LogP contribution in [0.4, 0.5) is 4.39 Å². The molecule has 0 fully saturated rings. The molecule has 0 saturated carbocycles. The van der Waals surface area contributed by atoms with Crippen molar-refractivity contribution in [1.82, 2.24) is 9.55 Å². The van der Waals surface area contributed by atoms with E-state index in [0.717, 1.165) is 28.2 Å². The number of halogens is 1. The topological polar surface area (TPSA) is 27.1 Å². The molecule has 4 rings (SSSR count). The number of hydrogen-bond donors (Lipinski definition) is 0. The van der Waals surface area contributed by atoms with Crippen molar-refractivity contribution in [2.45, 2.75) is 20.4 Å². The lowest BCUT2D eigenvalue weighted by Gasteiger charge is -2.12. The molecule has 27 heavy (non-hydrogen) atoms. The number of fused-ring (bicyclic) bond motifs is 1. The lowest BCUT2D eigenvalue weighted by Crippen LogP contribution is -2.09. The average molecular weight is 360 g/mol. The Kier molecular flexibility index (Phi) is 4.63. The van der Waals surface area contributed by atoms with Crippen molar-refractivity contribution in [3.05, 3.63) is 83.7 Å². The summed E-state index contributed by atoms with van der Waals surface area (Å²) in [7, 11) is 0. The Balaban J connectivity index is 1.63. The van der Waals surface area contributed by atoms with Crippen molar-refractivity contribution in [3.63, 3.8) is 0 Å². The zero-order valence-electron chi connectivity index (χ0n) is 15.4. The van der Waals surface area contributed by atoms with Gasteiger partial charge in [0.1, 0.15) is 24.0 Å². The van der Waals surface area contributed by atoms with E-state index in [9.17, 15) is 4.39 Å². The van der Waals surface area contributed by atoms with Crippen LogP contribution in [-0.4, -0.2) is 16.2 Å². The molecule has 0 aliphatic heterocycles. The van der Waals surface area contributed by atoms with Crippen LogP contribution in [0.2, 0.25) is 0 Å². The third-order valence-electron chi connectivity index (χ3n) is 4.54. The first kappa shape index (κ1) is 17.3. The number of imidazole rings is 1. The number of aryl methyl sites for hydroxylation is 2. The summed E-state index contributed by atoms with van der Waals surface area (Å²) < 4.78 is 21.4. The van der Waals surface area contributed by atoms with Gasteiger partial charge in [-0.05, 0) is 73.5 Å². The molecule has 0 atom stereocenters. The van der Waals surface area contributed by atoms with Gasteiger partial charge in [-0.3, -0.25) is 0 Å². The fourth-order valence-electron chi connectivity index (χ4n) is 3.39. The molecular formula is C23H21FN2O. The molecule has 0 amide bonds. The van der Waals surface area contributed by atoms with Gasteiger partial charge in [-0.15, -0.1) is 0 Å². The minimum absolute atomic E-state index is 0.250. The van der Waals surface area contributed by atoms with Crippen molar-refractivity contribution in [3.8, 4) is 17.1 Å². The van der Waals surface area contributed by atoms with Crippen molar-refractivity contribution in [2.75, 3.05) is 6.61 Å². The van der Waals surface area contributed by atoms with E-state index >= 15 is 0 Å². The quantitative estimate of drug-likeness (QED) is 0.467. The molecule has 0 radical (unpaired) electrons. The number of nitrogens with zero attached hydrogens (tertiary/aromatic N) is 2. The van der Waals surface area contributed by atoms with Crippen LogP contribution < -0.4 is 4.74 Å². The Labute approximate surface area is 158 Å². The highest BCUT2D eigenvalue weighted by atomic mass is 19.1. The molecule has 3 aromatic carbocycles. The Morgan fingerprint density at radius 3 is 2.37 bits per heavy atom. The van der Waals surface area contributed by atoms with Crippen LogP contribution in [0.3, 0.4) is 0 Å². The average Bonchev–Trinajstić information content (AvgIpc) is 3.00. The first-order valence-electron chi connectivity index (χ1n) is 9.02. The third kappa shape index (κ3) is 3.70. The van der Waals surface area contributed by atoms with Crippen molar-refractivity contribution in [1.29, 1.82) is 0 Å². The van der Waals surface area contributed by atoms with Gasteiger partial charge >= 0.3 is 0 Å². The molecule has 0 N–H and O–H groups in total.